The normalized spacial score (nSPS) is 19.0. The van der Waals surface area contributed by atoms with Gasteiger partial charge in [0.2, 0.25) is 11.7 Å². The van der Waals surface area contributed by atoms with Gasteiger partial charge in [-0.25, -0.2) is 4.98 Å². The van der Waals surface area contributed by atoms with Crippen molar-refractivity contribution in [3.63, 3.8) is 0 Å². The third-order valence-electron chi connectivity index (χ3n) is 10.2. The number of likely N-dealkylation sites (tertiary alicyclic amines) is 1. The molecule has 49 heavy (non-hydrogen) atoms. The molecule has 3 aromatic carbocycles. The first-order valence-electron chi connectivity index (χ1n) is 17.3. The summed E-state index contributed by atoms with van der Waals surface area (Å²) in [5.41, 5.74) is 4.54. The third-order valence-corrected chi connectivity index (χ3v) is 10.9. The molecule has 0 bridgehead atoms. The quantitative estimate of drug-likeness (QED) is 0.128. The predicted molar refractivity (Wildman–Crippen MR) is 198 cm³/mol. The van der Waals surface area contributed by atoms with Crippen LogP contribution in [0.1, 0.15) is 37.3 Å². The highest BCUT2D eigenvalue weighted by Crippen LogP contribution is 2.42. The maximum atomic E-state index is 6.63. The Labute approximate surface area is 300 Å². The van der Waals surface area contributed by atoms with E-state index in [-0.39, 0.29) is 5.41 Å². The largest absolute Gasteiger partial charge is 0.493 e. The molecular weight excluding hydrogens is 661 g/mol. The van der Waals surface area contributed by atoms with E-state index in [1.54, 1.807) is 21.3 Å². The summed E-state index contributed by atoms with van der Waals surface area (Å²) in [4.78, 5) is 12.7. The molecule has 2 aliphatic rings. The lowest BCUT2D eigenvalue weighted by Crippen LogP contribution is -2.38. The molecule has 2 aliphatic heterocycles. The molecular formula is C38H49Cl2N5O4. The first-order chi connectivity index (χ1) is 23.9. The van der Waals surface area contributed by atoms with Crippen LogP contribution in [-0.4, -0.2) is 99.7 Å². The number of nitrogens with zero attached hydrogens (tertiary/aromatic N) is 5. The van der Waals surface area contributed by atoms with Gasteiger partial charge in [-0.2, -0.15) is 0 Å². The summed E-state index contributed by atoms with van der Waals surface area (Å²) in [6.07, 6.45) is 3.16. The average Bonchev–Trinajstić information content (AvgIpc) is 3.61. The average molecular weight is 711 g/mol. The second kappa shape index (κ2) is 16.2. The predicted octanol–water partition coefficient (Wildman–Crippen LogP) is 7.15. The molecule has 11 heteroatoms. The zero-order valence-corrected chi connectivity index (χ0v) is 30.7. The van der Waals surface area contributed by atoms with Gasteiger partial charge < -0.3 is 33.3 Å². The minimum Gasteiger partial charge on any atom is -0.493 e. The molecule has 2 fully saturated rings. The smallest absolute Gasteiger partial charge is 0.206 e. The molecule has 9 nitrogen and oxygen atoms in total. The monoisotopic (exact) mass is 709 g/mol. The SMILES string of the molecule is CCOCCn1c(N2CCCN(CCC3(c4ccc(Cl)c(Cl)c4)CCN(Cc4cc(OC)c(OC)c(OC)c4)C3)CC2)nc2ccccc21. The maximum absolute atomic E-state index is 6.63. The number of imidazole rings is 1. The van der Waals surface area contributed by atoms with Crippen molar-refractivity contribution < 1.29 is 18.9 Å². The first-order valence-corrected chi connectivity index (χ1v) is 18.1. The van der Waals surface area contributed by atoms with E-state index in [1.807, 2.05) is 13.0 Å². The van der Waals surface area contributed by atoms with Gasteiger partial charge in [0, 0.05) is 51.3 Å². The van der Waals surface area contributed by atoms with Crippen molar-refractivity contribution in [1.29, 1.82) is 0 Å². The fraction of sp³-hybridized carbons (Fsp3) is 0.500. The lowest BCUT2D eigenvalue weighted by molar-refractivity contribution is 0.140. The Morgan fingerprint density at radius 1 is 0.816 bits per heavy atom. The summed E-state index contributed by atoms with van der Waals surface area (Å²) >= 11 is 13.0. The van der Waals surface area contributed by atoms with Crippen LogP contribution in [0.5, 0.6) is 17.2 Å². The summed E-state index contributed by atoms with van der Waals surface area (Å²) in [5, 5.41) is 1.20. The molecule has 1 aromatic heterocycles. The second-order valence-electron chi connectivity index (χ2n) is 13.1. The highest BCUT2D eigenvalue weighted by molar-refractivity contribution is 6.42. The zero-order valence-electron chi connectivity index (χ0n) is 29.2. The van der Waals surface area contributed by atoms with E-state index in [1.165, 1.54) is 11.1 Å². The molecule has 3 heterocycles. The Kier molecular flexibility index (Phi) is 11.8. The van der Waals surface area contributed by atoms with Crippen LogP contribution in [0, 0.1) is 0 Å². The number of halogens is 2. The number of ether oxygens (including phenoxy) is 4. The Morgan fingerprint density at radius 2 is 1.61 bits per heavy atom. The zero-order chi connectivity index (χ0) is 34.4. The van der Waals surface area contributed by atoms with Crippen molar-refractivity contribution in [2.45, 2.75) is 44.7 Å². The van der Waals surface area contributed by atoms with Crippen LogP contribution < -0.4 is 19.1 Å². The fourth-order valence-corrected chi connectivity index (χ4v) is 7.88. The van der Waals surface area contributed by atoms with Crippen LogP contribution in [0.3, 0.4) is 0 Å². The maximum Gasteiger partial charge on any atom is 0.206 e. The van der Waals surface area contributed by atoms with Gasteiger partial charge in [0.05, 0.1) is 49.0 Å². The van der Waals surface area contributed by atoms with Gasteiger partial charge in [-0.05, 0) is 93.3 Å². The summed E-state index contributed by atoms with van der Waals surface area (Å²) < 4.78 is 24.9. The van der Waals surface area contributed by atoms with Gasteiger partial charge in [-0.1, -0.05) is 41.4 Å². The van der Waals surface area contributed by atoms with Gasteiger partial charge in [0.15, 0.2) is 11.5 Å². The Hall–Kier alpha value is -3.21. The van der Waals surface area contributed by atoms with Crippen LogP contribution in [0.25, 0.3) is 11.0 Å². The van der Waals surface area contributed by atoms with E-state index in [4.69, 9.17) is 47.1 Å². The molecule has 4 aromatic rings. The van der Waals surface area contributed by atoms with E-state index >= 15 is 0 Å². The minimum atomic E-state index is -0.0475. The van der Waals surface area contributed by atoms with E-state index < -0.39 is 0 Å². The molecule has 0 N–H and O–H groups in total. The molecule has 264 valence electrons. The number of hydrogen-bond acceptors (Lipinski definition) is 8. The molecule has 0 spiro atoms. The summed E-state index contributed by atoms with van der Waals surface area (Å²) in [7, 11) is 4.95. The number of aromatic nitrogens is 2. The second-order valence-corrected chi connectivity index (χ2v) is 13.9. The molecule has 2 saturated heterocycles. The molecule has 0 amide bonds. The van der Waals surface area contributed by atoms with E-state index in [2.05, 4.69) is 67.8 Å². The van der Waals surface area contributed by atoms with Crippen LogP contribution >= 0.6 is 23.2 Å². The lowest BCUT2D eigenvalue weighted by atomic mass is 9.76. The van der Waals surface area contributed by atoms with Crippen molar-refractivity contribution in [2.24, 2.45) is 0 Å². The Bertz CT molecular complexity index is 1690. The number of rotatable bonds is 14. The number of para-hydroxylation sites is 2. The molecule has 0 radical (unpaired) electrons. The summed E-state index contributed by atoms with van der Waals surface area (Å²) in [6.45, 7) is 11.9. The fourth-order valence-electron chi connectivity index (χ4n) is 7.58. The van der Waals surface area contributed by atoms with Gasteiger partial charge in [-0.3, -0.25) is 4.90 Å². The Morgan fingerprint density at radius 3 is 2.35 bits per heavy atom. The lowest BCUT2D eigenvalue weighted by Gasteiger charge is -2.33. The Balaban J connectivity index is 1.17. The number of fused-ring (bicyclic) bond motifs is 1. The number of hydrogen-bond donors (Lipinski definition) is 0. The third kappa shape index (κ3) is 7.92. The minimum absolute atomic E-state index is 0.0475. The summed E-state index contributed by atoms with van der Waals surface area (Å²) in [6, 6.07) is 18.7. The van der Waals surface area contributed by atoms with E-state index in [9.17, 15) is 0 Å². The molecule has 6 rings (SSSR count). The van der Waals surface area contributed by atoms with Crippen molar-refractivity contribution in [2.75, 3.05) is 85.3 Å². The summed E-state index contributed by atoms with van der Waals surface area (Å²) in [5.74, 6) is 3.01. The van der Waals surface area contributed by atoms with Crippen molar-refractivity contribution in [1.82, 2.24) is 19.4 Å². The van der Waals surface area contributed by atoms with Crippen LogP contribution in [-0.2, 0) is 23.2 Å². The standard InChI is InChI=1S/C38H49Cl2N5O4/c1-5-49-22-21-45-33-10-7-6-9-32(33)41-37(45)44-16-8-15-42(19-20-44)17-13-38(29-11-12-30(39)31(40)25-29)14-18-43(27-38)26-28-23-34(46-2)36(48-4)35(24-28)47-3/h6-7,9-12,23-25H,5,8,13-22,26-27H2,1-4H3. The van der Waals surface area contributed by atoms with E-state index in [0.29, 0.717) is 40.5 Å². The number of methoxy groups -OCH3 is 3. The first kappa shape index (κ1) is 35.6. The van der Waals surface area contributed by atoms with Crippen molar-refractivity contribution in [3.8, 4) is 17.2 Å². The molecule has 1 atom stereocenters. The van der Waals surface area contributed by atoms with Crippen molar-refractivity contribution in [3.05, 3.63) is 75.8 Å². The topological polar surface area (TPSA) is 64.5 Å². The van der Waals surface area contributed by atoms with Crippen molar-refractivity contribution >= 4 is 40.2 Å². The van der Waals surface area contributed by atoms with Gasteiger partial charge in [0.25, 0.3) is 0 Å². The molecule has 0 saturated carbocycles. The van der Waals surface area contributed by atoms with Gasteiger partial charge >= 0.3 is 0 Å². The molecule has 1 unspecified atom stereocenters. The van der Waals surface area contributed by atoms with Crippen LogP contribution in [0.4, 0.5) is 5.95 Å². The highest BCUT2D eigenvalue weighted by atomic mass is 35.5. The van der Waals surface area contributed by atoms with Gasteiger partial charge in [-0.15, -0.1) is 0 Å². The van der Waals surface area contributed by atoms with E-state index in [0.717, 1.165) is 95.2 Å². The van der Waals surface area contributed by atoms with Crippen LogP contribution in [0.2, 0.25) is 10.0 Å². The van der Waals surface area contributed by atoms with Crippen LogP contribution in [0.15, 0.2) is 54.6 Å². The number of anilines is 1. The highest BCUT2D eigenvalue weighted by Gasteiger charge is 2.40. The van der Waals surface area contributed by atoms with Gasteiger partial charge in [0.1, 0.15) is 0 Å². The molecule has 0 aliphatic carbocycles. The number of benzene rings is 3.